The van der Waals surface area contributed by atoms with Gasteiger partial charge in [0.1, 0.15) is 17.5 Å². The Labute approximate surface area is 103 Å². The number of nitrogens with zero attached hydrogens (tertiary/aromatic N) is 3. The Morgan fingerprint density at radius 2 is 1.88 bits per heavy atom. The fourth-order valence-electron chi connectivity index (χ4n) is 2.71. The van der Waals surface area contributed by atoms with Crippen LogP contribution in [0, 0.1) is 13.8 Å². The van der Waals surface area contributed by atoms with E-state index < -0.39 is 0 Å². The standard InChI is InChI=1S/C13H22N4/c1-4-17(11-7-5-6-8-11)13-9(2)12(14)15-10(3)16-13/h11H,4-8H2,1-3H3,(H2,14,15,16). The van der Waals surface area contributed by atoms with Crippen LogP contribution in [0.2, 0.25) is 0 Å². The molecule has 17 heavy (non-hydrogen) atoms. The molecule has 1 fully saturated rings. The number of hydrogen-bond acceptors (Lipinski definition) is 4. The van der Waals surface area contributed by atoms with E-state index in [1.807, 2.05) is 13.8 Å². The van der Waals surface area contributed by atoms with Gasteiger partial charge in [-0.25, -0.2) is 9.97 Å². The molecule has 1 aliphatic carbocycles. The maximum Gasteiger partial charge on any atom is 0.137 e. The average molecular weight is 234 g/mol. The summed E-state index contributed by atoms with van der Waals surface area (Å²) in [6, 6.07) is 0.632. The highest BCUT2D eigenvalue weighted by Crippen LogP contribution is 2.30. The molecule has 1 saturated carbocycles. The van der Waals surface area contributed by atoms with Gasteiger partial charge in [0, 0.05) is 18.2 Å². The largest absolute Gasteiger partial charge is 0.383 e. The molecule has 0 radical (unpaired) electrons. The Hall–Kier alpha value is -1.32. The van der Waals surface area contributed by atoms with Crippen molar-refractivity contribution in [1.29, 1.82) is 0 Å². The van der Waals surface area contributed by atoms with Gasteiger partial charge in [-0.2, -0.15) is 0 Å². The van der Waals surface area contributed by atoms with E-state index in [9.17, 15) is 0 Å². The van der Waals surface area contributed by atoms with E-state index in [0.717, 1.165) is 23.8 Å². The third-order valence-corrected chi connectivity index (χ3v) is 3.65. The van der Waals surface area contributed by atoms with Gasteiger partial charge in [-0.3, -0.25) is 0 Å². The van der Waals surface area contributed by atoms with Gasteiger partial charge in [-0.1, -0.05) is 12.8 Å². The van der Waals surface area contributed by atoms with Crippen LogP contribution >= 0.6 is 0 Å². The third-order valence-electron chi connectivity index (χ3n) is 3.65. The first-order valence-electron chi connectivity index (χ1n) is 6.50. The number of aromatic nitrogens is 2. The first-order valence-corrected chi connectivity index (χ1v) is 6.50. The maximum atomic E-state index is 5.93. The Balaban J connectivity index is 2.35. The molecule has 94 valence electrons. The molecule has 0 bridgehead atoms. The van der Waals surface area contributed by atoms with Crippen LogP contribution in [0.15, 0.2) is 0 Å². The van der Waals surface area contributed by atoms with E-state index >= 15 is 0 Å². The van der Waals surface area contributed by atoms with E-state index in [1.54, 1.807) is 0 Å². The highest BCUT2D eigenvalue weighted by atomic mass is 15.2. The number of aryl methyl sites for hydroxylation is 1. The summed E-state index contributed by atoms with van der Waals surface area (Å²) in [4.78, 5) is 11.2. The molecular formula is C13H22N4. The molecule has 0 aromatic carbocycles. The predicted molar refractivity (Wildman–Crippen MR) is 71.2 cm³/mol. The molecule has 0 saturated heterocycles. The fraction of sp³-hybridized carbons (Fsp3) is 0.692. The molecule has 0 unspecified atom stereocenters. The molecular weight excluding hydrogens is 212 g/mol. The zero-order valence-corrected chi connectivity index (χ0v) is 11.0. The molecule has 0 spiro atoms. The van der Waals surface area contributed by atoms with Gasteiger partial charge in [0.2, 0.25) is 0 Å². The van der Waals surface area contributed by atoms with E-state index in [1.165, 1.54) is 25.7 Å². The smallest absolute Gasteiger partial charge is 0.137 e. The van der Waals surface area contributed by atoms with Crippen LogP contribution in [0.25, 0.3) is 0 Å². The molecule has 0 aliphatic heterocycles. The van der Waals surface area contributed by atoms with Gasteiger partial charge in [0.15, 0.2) is 0 Å². The van der Waals surface area contributed by atoms with Gasteiger partial charge in [0.25, 0.3) is 0 Å². The second-order valence-electron chi connectivity index (χ2n) is 4.83. The summed E-state index contributed by atoms with van der Waals surface area (Å²) in [6.45, 7) is 7.09. The van der Waals surface area contributed by atoms with Gasteiger partial charge < -0.3 is 10.6 Å². The third kappa shape index (κ3) is 2.35. The summed E-state index contributed by atoms with van der Waals surface area (Å²) >= 11 is 0. The summed E-state index contributed by atoms with van der Waals surface area (Å²) < 4.78 is 0. The molecule has 4 nitrogen and oxygen atoms in total. The van der Waals surface area contributed by atoms with Gasteiger partial charge in [-0.05, 0) is 33.6 Å². The molecule has 1 aliphatic rings. The average Bonchev–Trinajstić information content (AvgIpc) is 2.79. The monoisotopic (exact) mass is 234 g/mol. The second kappa shape index (κ2) is 4.90. The van der Waals surface area contributed by atoms with Gasteiger partial charge in [-0.15, -0.1) is 0 Å². The number of rotatable bonds is 3. The maximum absolute atomic E-state index is 5.93. The van der Waals surface area contributed by atoms with Crippen molar-refractivity contribution in [2.45, 2.75) is 52.5 Å². The molecule has 1 aromatic heterocycles. The lowest BCUT2D eigenvalue weighted by Gasteiger charge is -2.30. The van der Waals surface area contributed by atoms with Gasteiger partial charge in [0.05, 0.1) is 0 Å². The van der Waals surface area contributed by atoms with Gasteiger partial charge >= 0.3 is 0 Å². The zero-order chi connectivity index (χ0) is 12.4. The predicted octanol–water partition coefficient (Wildman–Crippen LogP) is 2.44. The Morgan fingerprint density at radius 1 is 1.24 bits per heavy atom. The Morgan fingerprint density at radius 3 is 2.47 bits per heavy atom. The van der Waals surface area contributed by atoms with Crippen molar-refractivity contribution in [3.63, 3.8) is 0 Å². The van der Waals surface area contributed by atoms with Crippen molar-refractivity contribution >= 4 is 11.6 Å². The Bertz CT molecular complexity index is 397. The van der Waals surface area contributed by atoms with Crippen LogP contribution in [-0.4, -0.2) is 22.6 Å². The van der Waals surface area contributed by atoms with E-state index in [-0.39, 0.29) is 0 Å². The SMILES string of the molecule is CCN(c1nc(C)nc(N)c1C)C1CCCC1. The minimum Gasteiger partial charge on any atom is -0.383 e. The number of anilines is 2. The summed E-state index contributed by atoms with van der Waals surface area (Å²) in [5, 5.41) is 0. The highest BCUT2D eigenvalue weighted by molar-refractivity contribution is 5.57. The van der Waals surface area contributed by atoms with E-state index in [4.69, 9.17) is 5.73 Å². The second-order valence-corrected chi connectivity index (χ2v) is 4.83. The zero-order valence-electron chi connectivity index (χ0n) is 11.0. The summed E-state index contributed by atoms with van der Waals surface area (Å²) in [6.07, 6.45) is 5.21. The van der Waals surface area contributed by atoms with Crippen molar-refractivity contribution in [2.75, 3.05) is 17.2 Å². The molecule has 1 aromatic rings. The molecule has 4 heteroatoms. The number of hydrogen-bond donors (Lipinski definition) is 1. The van der Waals surface area contributed by atoms with Crippen molar-refractivity contribution in [3.05, 3.63) is 11.4 Å². The first-order chi connectivity index (χ1) is 8.13. The van der Waals surface area contributed by atoms with Crippen LogP contribution in [0.3, 0.4) is 0 Å². The van der Waals surface area contributed by atoms with Crippen molar-refractivity contribution < 1.29 is 0 Å². The quantitative estimate of drug-likeness (QED) is 0.872. The minimum absolute atomic E-state index is 0.615. The van der Waals surface area contributed by atoms with E-state index in [0.29, 0.717) is 11.9 Å². The summed E-state index contributed by atoms with van der Waals surface area (Å²) in [5.74, 6) is 2.41. The van der Waals surface area contributed by atoms with E-state index in [2.05, 4.69) is 21.8 Å². The molecule has 0 atom stereocenters. The lowest BCUT2D eigenvalue weighted by Crippen LogP contribution is -2.34. The topological polar surface area (TPSA) is 55.0 Å². The Kier molecular flexibility index (Phi) is 3.50. The molecule has 2 N–H and O–H groups in total. The number of nitrogens with two attached hydrogens (primary N) is 1. The van der Waals surface area contributed by atoms with Crippen LogP contribution in [0.5, 0.6) is 0 Å². The fourth-order valence-corrected chi connectivity index (χ4v) is 2.71. The summed E-state index contributed by atoms with van der Waals surface area (Å²) in [5.41, 5.74) is 6.95. The minimum atomic E-state index is 0.615. The van der Waals surface area contributed by atoms with Crippen LogP contribution in [0.4, 0.5) is 11.6 Å². The van der Waals surface area contributed by atoms with Crippen molar-refractivity contribution in [1.82, 2.24) is 9.97 Å². The molecule has 1 heterocycles. The summed E-state index contributed by atoms with van der Waals surface area (Å²) in [7, 11) is 0. The first kappa shape index (κ1) is 12.1. The lowest BCUT2D eigenvalue weighted by atomic mass is 10.2. The lowest BCUT2D eigenvalue weighted by molar-refractivity contribution is 0.610. The van der Waals surface area contributed by atoms with Crippen LogP contribution < -0.4 is 10.6 Å². The van der Waals surface area contributed by atoms with Crippen LogP contribution in [0.1, 0.15) is 44.0 Å². The number of nitrogen functional groups attached to an aromatic ring is 1. The van der Waals surface area contributed by atoms with Crippen LogP contribution in [-0.2, 0) is 0 Å². The normalized spacial score (nSPS) is 16.4. The highest BCUT2D eigenvalue weighted by Gasteiger charge is 2.24. The molecule has 0 amide bonds. The van der Waals surface area contributed by atoms with Crippen molar-refractivity contribution in [2.24, 2.45) is 0 Å². The molecule has 2 rings (SSSR count). The van der Waals surface area contributed by atoms with Crippen molar-refractivity contribution in [3.8, 4) is 0 Å².